The molecule has 4 aromatic rings. The van der Waals surface area contributed by atoms with Crippen LogP contribution in [0, 0.1) is 6.92 Å². The number of para-hydroxylation sites is 2. The highest BCUT2D eigenvalue weighted by molar-refractivity contribution is 7.00. The zero-order chi connectivity index (χ0) is 24.2. The molecule has 1 aliphatic carbocycles. The number of aryl methyl sites for hydroxylation is 1. The average Bonchev–Trinajstić information content (AvgIpc) is 3.11. The fourth-order valence-corrected chi connectivity index (χ4v) is 8.23. The highest BCUT2D eigenvalue weighted by atomic mass is 15.3. The molecule has 36 heavy (non-hydrogen) atoms. The van der Waals surface area contributed by atoms with Crippen molar-refractivity contribution in [1.82, 2.24) is 0 Å². The summed E-state index contributed by atoms with van der Waals surface area (Å²) in [7, 11) is 0. The molecule has 2 unspecified atom stereocenters. The quantitative estimate of drug-likeness (QED) is 0.266. The van der Waals surface area contributed by atoms with Gasteiger partial charge in [-0.2, -0.15) is 0 Å². The van der Waals surface area contributed by atoms with Gasteiger partial charge >= 0.3 is 0 Å². The molecule has 0 radical (unpaired) electrons. The highest BCUT2D eigenvalue weighted by Gasteiger charge is 2.61. The zero-order valence-corrected chi connectivity index (χ0v) is 21.4. The first-order valence-electron chi connectivity index (χ1n) is 13.6. The van der Waals surface area contributed by atoms with Crippen molar-refractivity contribution in [2.75, 3.05) is 9.80 Å². The molecule has 3 heterocycles. The summed E-state index contributed by atoms with van der Waals surface area (Å²) < 4.78 is 0. The van der Waals surface area contributed by atoms with Gasteiger partial charge in [-0.1, -0.05) is 79.9 Å². The minimum absolute atomic E-state index is 0.0881. The fourth-order valence-electron chi connectivity index (χ4n) is 8.23. The van der Waals surface area contributed by atoms with E-state index in [1.54, 1.807) is 5.56 Å². The van der Waals surface area contributed by atoms with Crippen LogP contribution < -0.4 is 26.2 Å². The van der Waals surface area contributed by atoms with Crippen molar-refractivity contribution < 1.29 is 0 Å². The predicted molar refractivity (Wildman–Crippen MR) is 153 cm³/mol. The van der Waals surface area contributed by atoms with E-state index in [1.807, 2.05) is 0 Å². The number of hydrogen-bond donors (Lipinski definition) is 0. The summed E-state index contributed by atoms with van der Waals surface area (Å²) in [5, 5.41) is 0. The predicted octanol–water partition coefficient (Wildman–Crippen LogP) is 6.35. The van der Waals surface area contributed by atoms with Gasteiger partial charge in [0.1, 0.15) is 0 Å². The van der Waals surface area contributed by atoms with Gasteiger partial charge in [0.2, 0.25) is 0 Å². The molecule has 0 aromatic heterocycles. The molecular formula is C33H31BN2. The lowest BCUT2D eigenvalue weighted by Gasteiger charge is -2.52. The van der Waals surface area contributed by atoms with E-state index in [9.17, 15) is 0 Å². The van der Waals surface area contributed by atoms with E-state index in [0.29, 0.717) is 0 Å². The van der Waals surface area contributed by atoms with Crippen molar-refractivity contribution in [1.29, 1.82) is 0 Å². The number of nitrogens with zero attached hydrogens (tertiary/aromatic N) is 2. The standard InChI is InChI=1S/C33H31BN2/c1-22-20-24-31-26(21-22)34-25-14-7-8-15-27(25)35(23-12-5-4-6-13-23)28-16-11-17-29(30(28)34)36(31)33(3)19-10-9-18-32(24,33)2/h4-8,11-17,20-21H,9-10,18-19H2,1-3H3. The van der Waals surface area contributed by atoms with Crippen molar-refractivity contribution in [3.05, 3.63) is 96.1 Å². The summed E-state index contributed by atoms with van der Waals surface area (Å²) >= 11 is 0. The minimum Gasteiger partial charge on any atom is -0.335 e. The Morgan fingerprint density at radius 2 is 1.44 bits per heavy atom. The van der Waals surface area contributed by atoms with E-state index in [1.165, 1.54) is 76.1 Å². The lowest BCUT2D eigenvalue weighted by atomic mass is 9.33. The Labute approximate surface area is 214 Å². The van der Waals surface area contributed by atoms with Crippen LogP contribution in [0.2, 0.25) is 0 Å². The Balaban J connectivity index is 1.51. The van der Waals surface area contributed by atoms with E-state index in [0.717, 1.165) is 0 Å². The summed E-state index contributed by atoms with van der Waals surface area (Å²) in [4.78, 5) is 5.29. The minimum atomic E-state index is 0.0881. The fraction of sp³-hybridized carbons (Fsp3) is 0.273. The van der Waals surface area contributed by atoms with Crippen molar-refractivity contribution in [2.45, 2.75) is 57.4 Å². The SMILES string of the molecule is Cc1cc2c3c(c1)C1(C)CCCCC1(C)N3c1cccc3c1B2c1ccccc1N3c1ccccc1. The largest absolute Gasteiger partial charge is 0.335 e. The van der Waals surface area contributed by atoms with Crippen LogP contribution in [-0.4, -0.2) is 12.3 Å². The molecule has 2 atom stereocenters. The van der Waals surface area contributed by atoms with Crippen LogP contribution in [0.15, 0.2) is 84.9 Å². The molecule has 4 aliphatic rings. The number of hydrogen-bond acceptors (Lipinski definition) is 2. The molecule has 0 saturated heterocycles. The third-order valence-electron chi connectivity index (χ3n) is 10.0. The summed E-state index contributed by atoms with van der Waals surface area (Å²) in [5.41, 5.74) is 14.4. The van der Waals surface area contributed by atoms with E-state index in [4.69, 9.17) is 0 Å². The third kappa shape index (κ3) is 2.31. The molecule has 4 aromatic carbocycles. The molecule has 176 valence electrons. The topological polar surface area (TPSA) is 6.48 Å². The first-order valence-corrected chi connectivity index (χ1v) is 13.6. The van der Waals surface area contributed by atoms with Crippen LogP contribution >= 0.6 is 0 Å². The molecule has 1 fully saturated rings. The number of rotatable bonds is 1. The molecule has 0 bridgehead atoms. The van der Waals surface area contributed by atoms with Gasteiger partial charge in [-0.15, -0.1) is 0 Å². The summed E-state index contributed by atoms with van der Waals surface area (Å²) in [5.74, 6) is 0. The van der Waals surface area contributed by atoms with Crippen molar-refractivity contribution in [3.63, 3.8) is 0 Å². The van der Waals surface area contributed by atoms with Gasteiger partial charge in [-0.3, -0.25) is 0 Å². The third-order valence-corrected chi connectivity index (χ3v) is 10.0. The first-order chi connectivity index (χ1) is 17.5. The molecule has 0 N–H and O–H groups in total. The van der Waals surface area contributed by atoms with E-state index in [-0.39, 0.29) is 17.7 Å². The van der Waals surface area contributed by atoms with E-state index >= 15 is 0 Å². The zero-order valence-electron chi connectivity index (χ0n) is 21.4. The molecule has 0 amide bonds. The van der Waals surface area contributed by atoms with Crippen LogP contribution in [0.4, 0.5) is 28.4 Å². The molecular weight excluding hydrogens is 435 g/mol. The second-order valence-electron chi connectivity index (χ2n) is 11.8. The average molecular weight is 466 g/mol. The van der Waals surface area contributed by atoms with Crippen LogP contribution in [0.25, 0.3) is 0 Å². The number of anilines is 5. The molecule has 1 saturated carbocycles. The van der Waals surface area contributed by atoms with Gasteiger partial charge in [-0.25, -0.2) is 0 Å². The Bertz CT molecular complexity index is 1560. The molecule has 2 nitrogen and oxygen atoms in total. The van der Waals surface area contributed by atoms with Crippen LogP contribution in [0.1, 0.15) is 50.7 Å². The number of fused-ring (bicyclic) bond motifs is 7. The second kappa shape index (κ2) is 6.85. The first kappa shape index (κ1) is 20.7. The summed E-state index contributed by atoms with van der Waals surface area (Å²) in [6.07, 6.45) is 5.14. The molecule has 3 heteroatoms. The molecule has 8 rings (SSSR count). The van der Waals surface area contributed by atoms with Gasteiger partial charge in [0.05, 0.1) is 5.54 Å². The molecule has 3 aliphatic heterocycles. The monoisotopic (exact) mass is 466 g/mol. The van der Waals surface area contributed by atoms with E-state index < -0.39 is 0 Å². The second-order valence-corrected chi connectivity index (χ2v) is 11.8. The summed E-state index contributed by atoms with van der Waals surface area (Å²) in [6.45, 7) is 7.67. The van der Waals surface area contributed by atoms with Crippen LogP contribution in [0.3, 0.4) is 0 Å². The maximum Gasteiger partial charge on any atom is 0.252 e. The van der Waals surface area contributed by atoms with Crippen molar-refractivity contribution in [3.8, 4) is 0 Å². The van der Waals surface area contributed by atoms with Crippen molar-refractivity contribution in [2.24, 2.45) is 0 Å². The van der Waals surface area contributed by atoms with Gasteiger partial charge in [-0.05, 0) is 79.0 Å². The maximum atomic E-state index is 2.79. The Hall–Kier alpha value is -3.46. The van der Waals surface area contributed by atoms with Crippen LogP contribution in [0.5, 0.6) is 0 Å². The van der Waals surface area contributed by atoms with Crippen molar-refractivity contribution >= 4 is 51.5 Å². The van der Waals surface area contributed by atoms with Crippen LogP contribution in [-0.2, 0) is 5.41 Å². The van der Waals surface area contributed by atoms with Gasteiger partial charge in [0, 0.05) is 33.9 Å². The molecule has 0 spiro atoms. The normalized spacial score (nSPS) is 24.7. The van der Waals surface area contributed by atoms with Gasteiger partial charge in [0.15, 0.2) is 0 Å². The van der Waals surface area contributed by atoms with Gasteiger partial charge in [0.25, 0.3) is 6.71 Å². The highest BCUT2D eigenvalue weighted by Crippen LogP contribution is 2.61. The lowest BCUT2D eigenvalue weighted by Crippen LogP contribution is -2.64. The lowest BCUT2D eigenvalue weighted by molar-refractivity contribution is 0.195. The smallest absolute Gasteiger partial charge is 0.252 e. The van der Waals surface area contributed by atoms with Gasteiger partial charge < -0.3 is 9.80 Å². The Morgan fingerprint density at radius 3 is 2.31 bits per heavy atom. The summed E-state index contributed by atoms with van der Waals surface area (Å²) in [6, 6.07) is 32.0. The maximum absolute atomic E-state index is 2.79. The van der Waals surface area contributed by atoms with E-state index in [2.05, 4.69) is 116 Å². The Kier molecular flexibility index (Phi) is 3.94. The number of benzene rings is 4. The Morgan fingerprint density at radius 1 is 0.722 bits per heavy atom.